The third-order valence-electron chi connectivity index (χ3n) is 4.36. The van der Waals surface area contributed by atoms with Crippen molar-refractivity contribution >= 4 is 5.91 Å². The lowest BCUT2D eigenvalue weighted by Gasteiger charge is -2.22. The van der Waals surface area contributed by atoms with Crippen molar-refractivity contribution in [3.8, 4) is 5.75 Å². The molecule has 1 heterocycles. The fourth-order valence-electron chi connectivity index (χ4n) is 2.91. The zero-order valence-corrected chi connectivity index (χ0v) is 13.6. The number of aryl methyl sites for hydroxylation is 1. The van der Waals surface area contributed by atoms with Gasteiger partial charge in [-0.15, -0.1) is 0 Å². The Hall–Kier alpha value is -1.55. The van der Waals surface area contributed by atoms with Crippen LogP contribution in [0.4, 0.5) is 0 Å². The van der Waals surface area contributed by atoms with Gasteiger partial charge in [0.05, 0.1) is 7.11 Å². The third kappa shape index (κ3) is 6.06. The van der Waals surface area contributed by atoms with E-state index in [1.807, 2.05) is 12.1 Å². The van der Waals surface area contributed by atoms with Gasteiger partial charge in [-0.25, -0.2) is 0 Å². The molecule has 1 aliphatic rings. The molecule has 4 heteroatoms. The normalized spacial score (nSPS) is 15.5. The molecular formula is C18H28N2O2. The first-order valence-electron chi connectivity index (χ1n) is 8.38. The van der Waals surface area contributed by atoms with E-state index >= 15 is 0 Å². The number of benzene rings is 1. The van der Waals surface area contributed by atoms with Gasteiger partial charge in [0.1, 0.15) is 5.75 Å². The van der Waals surface area contributed by atoms with Crippen molar-refractivity contribution in [1.82, 2.24) is 10.6 Å². The molecule has 0 spiro atoms. The summed E-state index contributed by atoms with van der Waals surface area (Å²) in [5.41, 5.74) is 1.28. The van der Waals surface area contributed by atoms with E-state index in [-0.39, 0.29) is 5.91 Å². The Morgan fingerprint density at radius 3 is 2.68 bits per heavy atom. The van der Waals surface area contributed by atoms with Crippen LogP contribution in [-0.2, 0) is 11.2 Å². The minimum atomic E-state index is 0.202. The molecule has 22 heavy (non-hydrogen) atoms. The average molecular weight is 304 g/mol. The predicted octanol–water partition coefficient (Wildman–Crippen LogP) is 2.52. The molecule has 4 nitrogen and oxygen atoms in total. The molecule has 2 rings (SSSR count). The monoisotopic (exact) mass is 304 g/mol. The van der Waals surface area contributed by atoms with Crippen molar-refractivity contribution in [2.24, 2.45) is 5.92 Å². The van der Waals surface area contributed by atoms with Crippen LogP contribution in [0.15, 0.2) is 24.3 Å². The van der Waals surface area contributed by atoms with E-state index in [0.29, 0.717) is 6.42 Å². The van der Waals surface area contributed by atoms with E-state index in [9.17, 15) is 4.79 Å². The van der Waals surface area contributed by atoms with Crippen molar-refractivity contribution in [3.05, 3.63) is 29.8 Å². The Labute approximate surface area is 133 Å². The quantitative estimate of drug-likeness (QED) is 0.726. The molecule has 0 radical (unpaired) electrons. The van der Waals surface area contributed by atoms with Crippen LogP contribution in [0.5, 0.6) is 5.75 Å². The molecule has 2 N–H and O–H groups in total. The van der Waals surface area contributed by atoms with Crippen LogP contribution in [0.3, 0.4) is 0 Å². The van der Waals surface area contributed by atoms with Gasteiger partial charge in [-0.1, -0.05) is 12.1 Å². The number of methoxy groups -OCH3 is 1. The molecule has 1 amide bonds. The Kier molecular flexibility index (Phi) is 7.23. The predicted molar refractivity (Wildman–Crippen MR) is 89.2 cm³/mol. The highest BCUT2D eigenvalue weighted by molar-refractivity contribution is 5.75. The molecule has 0 aromatic heterocycles. The highest BCUT2D eigenvalue weighted by Gasteiger charge is 2.14. The molecule has 1 aromatic rings. The number of carbonyl (C=O) groups is 1. The van der Waals surface area contributed by atoms with E-state index < -0.39 is 0 Å². The van der Waals surface area contributed by atoms with Crippen molar-refractivity contribution < 1.29 is 9.53 Å². The second-order valence-corrected chi connectivity index (χ2v) is 6.03. The number of rotatable bonds is 8. The molecule has 1 aliphatic heterocycles. The number of nitrogens with one attached hydrogen (secondary N) is 2. The zero-order valence-electron chi connectivity index (χ0n) is 13.6. The van der Waals surface area contributed by atoms with Gasteiger partial charge in [0.2, 0.25) is 5.91 Å². The summed E-state index contributed by atoms with van der Waals surface area (Å²) in [6.45, 7) is 2.97. The number of ether oxygens (including phenoxy) is 1. The standard InChI is InChI=1S/C18H28N2O2/c1-22-17-7-4-15(5-8-17)3-2-12-20-18(21)9-6-16-10-13-19-14-11-16/h4-5,7-8,16,19H,2-3,6,9-14H2,1H3,(H,20,21). The van der Waals surface area contributed by atoms with E-state index in [4.69, 9.17) is 4.74 Å². The van der Waals surface area contributed by atoms with Crippen molar-refractivity contribution in [2.75, 3.05) is 26.7 Å². The van der Waals surface area contributed by atoms with Crippen LogP contribution in [0, 0.1) is 5.92 Å². The van der Waals surface area contributed by atoms with E-state index in [1.54, 1.807) is 7.11 Å². The maximum absolute atomic E-state index is 11.8. The lowest BCUT2D eigenvalue weighted by atomic mass is 9.93. The first-order valence-corrected chi connectivity index (χ1v) is 8.38. The van der Waals surface area contributed by atoms with Crippen molar-refractivity contribution in [1.29, 1.82) is 0 Å². The molecule has 0 aliphatic carbocycles. The summed E-state index contributed by atoms with van der Waals surface area (Å²) in [5.74, 6) is 1.81. The van der Waals surface area contributed by atoms with Crippen LogP contribution in [0.2, 0.25) is 0 Å². The zero-order chi connectivity index (χ0) is 15.6. The van der Waals surface area contributed by atoms with Gasteiger partial charge in [0, 0.05) is 13.0 Å². The Morgan fingerprint density at radius 1 is 1.27 bits per heavy atom. The molecule has 1 fully saturated rings. The summed E-state index contributed by atoms with van der Waals surface area (Å²) in [5, 5.41) is 6.39. The minimum Gasteiger partial charge on any atom is -0.497 e. The van der Waals surface area contributed by atoms with Crippen LogP contribution in [0.1, 0.15) is 37.7 Å². The van der Waals surface area contributed by atoms with Crippen molar-refractivity contribution in [2.45, 2.75) is 38.5 Å². The van der Waals surface area contributed by atoms with Crippen LogP contribution >= 0.6 is 0 Å². The van der Waals surface area contributed by atoms with Crippen molar-refractivity contribution in [3.63, 3.8) is 0 Å². The fraction of sp³-hybridized carbons (Fsp3) is 0.611. The number of hydrogen-bond donors (Lipinski definition) is 2. The van der Waals surface area contributed by atoms with Crippen LogP contribution in [-0.4, -0.2) is 32.7 Å². The maximum Gasteiger partial charge on any atom is 0.220 e. The van der Waals surface area contributed by atoms with Gasteiger partial charge in [0.15, 0.2) is 0 Å². The Balaban J connectivity index is 1.54. The molecule has 1 aromatic carbocycles. The van der Waals surface area contributed by atoms with Gasteiger partial charge in [-0.3, -0.25) is 4.79 Å². The fourth-order valence-corrected chi connectivity index (χ4v) is 2.91. The first-order chi connectivity index (χ1) is 10.8. The summed E-state index contributed by atoms with van der Waals surface area (Å²) in [4.78, 5) is 11.8. The molecule has 0 saturated carbocycles. The maximum atomic E-state index is 11.8. The van der Waals surface area contributed by atoms with E-state index in [1.165, 1.54) is 18.4 Å². The summed E-state index contributed by atoms with van der Waals surface area (Å²) < 4.78 is 5.14. The molecule has 1 saturated heterocycles. The second-order valence-electron chi connectivity index (χ2n) is 6.03. The van der Waals surface area contributed by atoms with E-state index in [2.05, 4.69) is 22.8 Å². The molecule has 0 atom stereocenters. The molecular weight excluding hydrogens is 276 g/mol. The third-order valence-corrected chi connectivity index (χ3v) is 4.36. The van der Waals surface area contributed by atoms with Gasteiger partial charge in [-0.05, 0) is 68.8 Å². The summed E-state index contributed by atoms with van der Waals surface area (Å²) >= 11 is 0. The number of amides is 1. The largest absolute Gasteiger partial charge is 0.497 e. The highest BCUT2D eigenvalue weighted by Crippen LogP contribution is 2.17. The first kappa shape index (κ1) is 16.8. The topological polar surface area (TPSA) is 50.4 Å². The lowest BCUT2D eigenvalue weighted by Crippen LogP contribution is -2.29. The summed E-state index contributed by atoms with van der Waals surface area (Å²) in [6.07, 6.45) is 6.10. The van der Waals surface area contributed by atoms with Gasteiger partial charge < -0.3 is 15.4 Å². The summed E-state index contributed by atoms with van der Waals surface area (Å²) in [6, 6.07) is 8.12. The average Bonchev–Trinajstić information content (AvgIpc) is 2.58. The van der Waals surface area contributed by atoms with Gasteiger partial charge in [-0.2, -0.15) is 0 Å². The molecule has 0 bridgehead atoms. The minimum absolute atomic E-state index is 0.202. The number of hydrogen-bond acceptors (Lipinski definition) is 3. The van der Waals surface area contributed by atoms with Gasteiger partial charge in [0.25, 0.3) is 0 Å². The Bertz CT molecular complexity index is 439. The smallest absolute Gasteiger partial charge is 0.220 e. The van der Waals surface area contributed by atoms with E-state index in [0.717, 1.165) is 50.6 Å². The molecule has 122 valence electrons. The van der Waals surface area contributed by atoms with Crippen LogP contribution < -0.4 is 15.4 Å². The second kappa shape index (κ2) is 9.46. The van der Waals surface area contributed by atoms with Crippen LogP contribution in [0.25, 0.3) is 0 Å². The molecule has 0 unspecified atom stereocenters. The number of carbonyl (C=O) groups excluding carboxylic acids is 1. The number of piperidine rings is 1. The SMILES string of the molecule is COc1ccc(CCCNC(=O)CCC2CCNCC2)cc1. The highest BCUT2D eigenvalue weighted by atomic mass is 16.5. The Morgan fingerprint density at radius 2 is 2.00 bits per heavy atom. The summed E-state index contributed by atoms with van der Waals surface area (Å²) in [7, 11) is 1.67. The lowest BCUT2D eigenvalue weighted by molar-refractivity contribution is -0.121. The van der Waals surface area contributed by atoms with Gasteiger partial charge >= 0.3 is 0 Å².